The second-order valence-corrected chi connectivity index (χ2v) is 5.16. The summed E-state index contributed by atoms with van der Waals surface area (Å²) in [7, 11) is 4.04. The molecule has 3 N–H and O–H groups in total. The van der Waals surface area contributed by atoms with Crippen molar-refractivity contribution in [3.8, 4) is 0 Å². The third kappa shape index (κ3) is 7.94. The van der Waals surface area contributed by atoms with Crippen LogP contribution in [0.3, 0.4) is 0 Å². The number of carbonyl (C=O) groups excluding carboxylic acids is 1. The van der Waals surface area contributed by atoms with Crippen LogP contribution in [0.5, 0.6) is 0 Å². The summed E-state index contributed by atoms with van der Waals surface area (Å²) < 4.78 is 0. The fraction of sp³-hybridized carbons (Fsp3) is 0.467. The van der Waals surface area contributed by atoms with Gasteiger partial charge in [0.05, 0.1) is 6.42 Å². The Hall–Kier alpha value is -2.08. The van der Waals surface area contributed by atoms with Crippen molar-refractivity contribution in [2.45, 2.75) is 19.3 Å². The summed E-state index contributed by atoms with van der Waals surface area (Å²) in [4.78, 5) is 24.4. The van der Waals surface area contributed by atoms with Gasteiger partial charge in [-0.2, -0.15) is 0 Å². The summed E-state index contributed by atoms with van der Waals surface area (Å²) >= 11 is 0. The van der Waals surface area contributed by atoms with Gasteiger partial charge >= 0.3 is 12.0 Å². The maximum atomic E-state index is 11.7. The van der Waals surface area contributed by atoms with Gasteiger partial charge in [0.1, 0.15) is 0 Å². The van der Waals surface area contributed by atoms with Crippen molar-refractivity contribution in [1.29, 1.82) is 0 Å². The van der Waals surface area contributed by atoms with Crippen LogP contribution in [-0.2, 0) is 11.2 Å². The van der Waals surface area contributed by atoms with Crippen molar-refractivity contribution < 1.29 is 14.7 Å². The van der Waals surface area contributed by atoms with Gasteiger partial charge in [-0.05, 0) is 51.2 Å². The van der Waals surface area contributed by atoms with Crippen LogP contribution in [0.25, 0.3) is 0 Å². The largest absolute Gasteiger partial charge is 0.481 e. The van der Waals surface area contributed by atoms with E-state index in [1.807, 2.05) is 14.1 Å². The SMILES string of the molecule is CN(C)CCCCNC(=O)Nc1cccc(CC(=O)O)c1. The molecule has 1 rings (SSSR count). The standard InChI is InChI=1S/C15H23N3O3/c1-18(2)9-4-3-8-16-15(21)17-13-7-5-6-12(10-13)11-14(19)20/h5-7,10H,3-4,8-9,11H2,1-2H3,(H,19,20)(H2,16,17,21). The minimum absolute atomic E-state index is 0.0539. The number of unbranched alkanes of at least 4 members (excludes halogenated alkanes) is 1. The second kappa shape index (κ2) is 8.97. The van der Waals surface area contributed by atoms with Crippen LogP contribution >= 0.6 is 0 Å². The van der Waals surface area contributed by atoms with Crippen molar-refractivity contribution in [3.63, 3.8) is 0 Å². The smallest absolute Gasteiger partial charge is 0.319 e. The topological polar surface area (TPSA) is 81.7 Å². The summed E-state index contributed by atoms with van der Waals surface area (Å²) in [5.41, 5.74) is 1.26. The number of hydrogen-bond donors (Lipinski definition) is 3. The molecule has 6 nitrogen and oxygen atoms in total. The monoisotopic (exact) mass is 293 g/mol. The molecule has 0 unspecified atom stereocenters. The molecular formula is C15H23N3O3. The van der Waals surface area contributed by atoms with Crippen LogP contribution in [0.1, 0.15) is 18.4 Å². The number of carboxylic acid groups (broad SMARTS) is 1. The van der Waals surface area contributed by atoms with Crippen molar-refractivity contribution in [3.05, 3.63) is 29.8 Å². The fourth-order valence-electron chi connectivity index (χ4n) is 1.86. The molecule has 0 saturated carbocycles. The average molecular weight is 293 g/mol. The third-order valence-electron chi connectivity index (χ3n) is 2.86. The summed E-state index contributed by atoms with van der Waals surface area (Å²) in [6.07, 6.45) is 1.90. The molecule has 1 aromatic rings. The van der Waals surface area contributed by atoms with E-state index in [0.717, 1.165) is 19.4 Å². The number of nitrogens with one attached hydrogen (secondary N) is 2. The van der Waals surface area contributed by atoms with Gasteiger partial charge in [-0.1, -0.05) is 12.1 Å². The molecule has 0 aromatic heterocycles. The molecule has 0 fully saturated rings. The predicted molar refractivity (Wildman–Crippen MR) is 82.6 cm³/mol. The van der Waals surface area contributed by atoms with E-state index in [0.29, 0.717) is 17.8 Å². The molecule has 2 amide bonds. The first kappa shape index (κ1) is 17.0. The molecule has 6 heteroatoms. The Labute approximate surface area is 125 Å². The zero-order chi connectivity index (χ0) is 15.7. The lowest BCUT2D eigenvalue weighted by Gasteiger charge is -2.10. The number of carboxylic acids is 1. The fourth-order valence-corrected chi connectivity index (χ4v) is 1.86. The molecule has 1 aromatic carbocycles. The Balaban J connectivity index is 2.32. The third-order valence-corrected chi connectivity index (χ3v) is 2.86. The van der Waals surface area contributed by atoms with Crippen LogP contribution in [-0.4, -0.2) is 49.2 Å². The van der Waals surface area contributed by atoms with Crippen molar-refractivity contribution in [2.24, 2.45) is 0 Å². The summed E-state index contributed by atoms with van der Waals surface area (Å²) in [5.74, 6) is -0.891. The molecule has 0 aliphatic rings. The van der Waals surface area contributed by atoms with E-state index < -0.39 is 5.97 Å². The molecular weight excluding hydrogens is 270 g/mol. The van der Waals surface area contributed by atoms with E-state index in [2.05, 4.69) is 15.5 Å². The first-order chi connectivity index (χ1) is 9.97. The van der Waals surface area contributed by atoms with Gasteiger partial charge in [-0.3, -0.25) is 4.79 Å². The Morgan fingerprint density at radius 1 is 1.24 bits per heavy atom. The minimum Gasteiger partial charge on any atom is -0.481 e. The highest BCUT2D eigenvalue weighted by Gasteiger charge is 2.04. The Kier molecular flexibility index (Phi) is 7.25. The Bertz CT molecular complexity index is 475. The van der Waals surface area contributed by atoms with Crippen LogP contribution in [0.15, 0.2) is 24.3 Å². The molecule has 0 spiro atoms. The molecule has 0 atom stereocenters. The van der Waals surface area contributed by atoms with E-state index in [9.17, 15) is 9.59 Å². The quantitative estimate of drug-likeness (QED) is 0.638. The highest BCUT2D eigenvalue weighted by atomic mass is 16.4. The lowest BCUT2D eigenvalue weighted by Crippen LogP contribution is -2.30. The second-order valence-electron chi connectivity index (χ2n) is 5.16. The highest BCUT2D eigenvalue weighted by molar-refractivity contribution is 5.89. The van der Waals surface area contributed by atoms with Gasteiger partial charge in [0.25, 0.3) is 0 Å². The Morgan fingerprint density at radius 3 is 2.67 bits per heavy atom. The maximum Gasteiger partial charge on any atom is 0.319 e. The molecule has 0 heterocycles. The number of hydrogen-bond acceptors (Lipinski definition) is 3. The normalized spacial score (nSPS) is 10.4. The molecule has 116 valence electrons. The molecule has 0 radical (unpaired) electrons. The van der Waals surface area contributed by atoms with E-state index in [1.165, 1.54) is 0 Å². The first-order valence-corrected chi connectivity index (χ1v) is 6.97. The van der Waals surface area contributed by atoms with Crippen LogP contribution in [0.2, 0.25) is 0 Å². The van der Waals surface area contributed by atoms with E-state index in [1.54, 1.807) is 24.3 Å². The minimum atomic E-state index is -0.891. The van der Waals surface area contributed by atoms with Crippen molar-refractivity contribution in [2.75, 3.05) is 32.5 Å². The van der Waals surface area contributed by atoms with Gasteiger partial charge < -0.3 is 20.6 Å². The van der Waals surface area contributed by atoms with Crippen molar-refractivity contribution in [1.82, 2.24) is 10.2 Å². The van der Waals surface area contributed by atoms with Gasteiger partial charge in [-0.15, -0.1) is 0 Å². The lowest BCUT2D eigenvalue weighted by atomic mass is 10.1. The number of urea groups is 1. The molecule has 0 aliphatic heterocycles. The van der Waals surface area contributed by atoms with Crippen LogP contribution < -0.4 is 10.6 Å². The number of rotatable bonds is 8. The summed E-state index contributed by atoms with van der Waals surface area (Å²) in [5, 5.41) is 14.2. The van der Waals surface area contributed by atoms with Crippen LogP contribution in [0.4, 0.5) is 10.5 Å². The summed E-state index contributed by atoms with van der Waals surface area (Å²) in [6.45, 7) is 1.62. The Morgan fingerprint density at radius 2 is 2.00 bits per heavy atom. The molecule has 0 saturated heterocycles. The lowest BCUT2D eigenvalue weighted by molar-refractivity contribution is -0.136. The van der Waals surface area contributed by atoms with E-state index >= 15 is 0 Å². The number of amides is 2. The maximum absolute atomic E-state index is 11.7. The van der Waals surface area contributed by atoms with Gasteiger partial charge in [0.15, 0.2) is 0 Å². The predicted octanol–water partition coefficient (Wildman–Crippen LogP) is 1.78. The van der Waals surface area contributed by atoms with E-state index in [4.69, 9.17) is 5.11 Å². The van der Waals surface area contributed by atoms with E-state index in [-0.39, 0.29) is 12.5 Å². The van der Waals surface area contributed by atoms with Gasteiger partial charge in [0.2, 0.25) is 0 Å². The number of anilines is 1. The zero-order valence-electron chi connectivity index (χ0n) is 12.6. The zero-order valence-corrected chi connectivity index (χ0v) is 12.6. The number of aliphatic carboxylic acids is 1. The molecule has 0 bridgehead atoms. The van der Waals surface area contributed by atoms with Crippen LogP contribution in [0, 0.1) is 0 Å². The molecule has 0 aliphatic carbocycles. The molecule has 21 heavy (non-hydrogen) atoms. The first-order valence-electron chi connectivity index (χ1n) is 6.97. The average Bonchev–Trinajstić information content (AvgIpc) is 2.37. The number of nitrogens with zero attached hydrogens (tertiary/aromatic N) is 1. The van der Waals surface area contributed by atoms with Gasteiger partial charge in [0, 0.05) is 12.2 Å². The number of benzene rings is 1. The van der Waals surface area contributed by atoms with Crippen molar-refractivity contribution >= 4 is 17.7 Å². The van der Waals surface area contributed by atoms with Gasteiger partial charge in [-0.25, -0.2) is 4.79 Å². The number of carbonyl (C=O) groups is 2. The summed E-state index contributed by atoms with van der Waals surface area (Å²) in [6, 6.07) is 6.58. The highest BCUT2D eigenvalue weighted by Crippen LogP contribution is 2.11.